The van der Waals surface area contributed by atoms with E-state index in [9.17, 15) is 10.2 Å². The monoisotopic (exact) mass is 272 g/mol. The van der Waals surface area contributed by atoms with Crippen molar-refractivity contribution in [2.45, 2.75) is 32.8 Å². The maximum absolute atomic E-state index is 9.67. The lowest BCUT2D eigenvalue weighted by atomic mass is 9.85. The van der Waals surface area contributed by atoms with Gasteiger partial charge in [-0.15, -0.1) is 6.58 Å². The molecule has 0 unspecified atom stereocenters. The van der Waals surface area contributed by atoms with Gasteiger partial charge in [-0.05, 0) is 38.0 Å². The fourth-order valence-corrected chi connectivity index (χ4v) is 1.69. The van der Waals surface area contributed by atoms with Crippen LogP contribution in [0.4, 0.5) is 0 Å². The molecular weight excluding hydrogens is 248 g/mol. The quantitative estimate of drug-likeness (QED) is 0.757. The first-order valence-electron chi connectivity index (χ1n) is 6.76. The highest BCUT2D eigenvalue weighted by Gasteiger charge is 2.15. The summed E-state index contributed by atoms with van der Waals surface area (Å²) in [5, 5.41) is 18.9. The van der Waals surface area contributed by atoms with Gasteiger partial charge in [0.2, 0.25) is 0 Å². The lowest BCUT2D eigenvalue weighted by molar-refractivity contribution is 0.132. The molecule has 0 aliphatic heterocycles. The summed E-state index contributed by atoms with van der Waals surface area (Å²) in [6.45, 7) is 9.48. The zero-order chi connectivity index (χ0) is 15.2. The van der Waals surface area contributed by atoms with Crippen molar-refractivity contribution in [2.24, 2.45) is 5.41 Å². The van der Waals surface area contributed by atoms with Gasteiger partial charge in [-0.25, -0.2) is 0 Å². The molecule has 2 nitrogen and oxygen atoms in total. The largest absolute Gasteiger partial charge is 0.508 e. The molecule has 0 bridgehead atoms. The van der Waals surface area contributed by atoms with Crippen LogP contribution in [-0.2, 0) is 0 Å². The Labute approximate surface area is 121 Å². The van der Waals surface area contributed by atoms with Gasteiger partial charge >= 0.3 is 0 Å². The molecule has 0 fully saturated rings. The zero-order valence-electron chi connectivity index (χ0n) is 12.5. The summed E-state index contributed by atoms with van der Waals surface area (Å²) in [6.07, 6.45) is 10.5. The molecule has 1 aromatic carbocycles. The van der Waals surface area contributed by atoms with Crippen molar-refractivity contribution in [1.29, 1.82) is 0 Å². The Balaban J connectivity index is 2.76. The van der Waals surface area contributed by atoms with Crippen molar-refractivity contribution >= 4 is 6.08 Å². The SMILES string of the molecule is C=C[C@@](C)(C=Cc1ccc(O)cc1)CC=CC(C)(C)O. The Morgan fingerprint density at radius 3 is 2.20 bits per heavy atom. The van der Waals surface area contributed by atoms with Gasteiger partial charge in [0, 0.05) is 5.41 Å². The van der Waals surface area contributed by atoms with E-state index < -0.39 is 5.60 Å². The summed E-state index contributed by atoms with van der Waals surface area (Å²) in [5.41, 5.74) is 0.0740. The Morgan fingerprint density at radius 2 is 1.70 bits per heavy atom. The molecule has 2 heteroatoms. The summed E-state index contributed by atoms with van der Waals surface area (Å²) < 4.78 is 0. The molecule has 1 rings (SSSR count). The second kappa shape index (κ2) is 6.58. The van der Waals surface area contributed by atoms with Crippen molar-refractivity contribution in [3.05, 3.63) is 60.7 Å². The maximum Gasteiger partial charge on any atom is 0.115 e. The second-order valence-electron chi connectivity index (χ2n) is 5.89. The third-order valence-electron chi connectivity index (χ3n) is 3.10. The van der Waals surface area contributed by atoms with Gasteiger partial charge in [-0.1, -0.05) is 49.4 Å². The number of rotatable bonds is 6. The van der Waals surface area contributed by atoms with Crippen LogP contribution in [-0.4, -0.2) is 15.8 Å². The van der Waals surface area contributed by atoms with E-state index in [1.807, 2.05) is 30.4 Å². The molecule has 108 valence electrons. The molecule has 0 aliphatic carbocycles. The molecule has 0 saturated carbocycles. The van der Waals surface area contributed by atoms with Crippen molar-refractivity contribution in [1.82, 2.24) is 0 Å². The molecule has 0 saturated heterocycles. The van der Waals surface area contributed by atoms with Crippen LogP contribution in [0.2, 0.25) is 0 Å². The standard InChI is InChI=1S/C18H24O2/c1-5-18(4,13-6-12-17(2,3)20)14-11-15-7-9-16(19)10-8-15/h5-12,14,19-20H,1,13H2,2-4H3/t18-/m1/s1. The highest BCUT2D eigenvalue weighted by molar-refractivity contribution is 5.51. The summed E-state index contributed by atoms with van der Waals surface area (Å²) in [7, 11) is 0. The third-order valence-corrected chi connectivity index (χ3v) is 3.10. The molecule has 0 spiro atoms. The van der Waals surface area contributed by atoms with Crippen LogP contribution in [0.3, 0.4) is 0 Å². The van der Waals surface area contributed by atoms with Crippen LogP contribution < -0.4 is 0 Å². The fraction of sp³-hybridized carbons (Fsp3) is 0.333. The van der Waals surface area contributed by atoms with Gasteiger partial charge in [0.15, 0.2) is 0 Å². The van der Waals surface area contributed by atoms with Gasteiger partial charge in [0.25, 0.3) is 0 Å². The van der Waals surface area contributed by atoms with Gasteiger partial charge in [0.05, 0.1) is 5.60 Å². The smallest absolute Gasteiger partial charge is 0.115 e. The van der Waals surface area contributed by atoms with Crippen molar-refractivity contribution in [3.63, 3.8) is 0 Å². The summed E-state index contributed by atoms with van der Waals surface area (Å²) >= 11 is 0. The lowest BCUT2D eigenvalue weighted by Gasteiger charge is -2.20. The molecule has 0 aromatic heterocycles. The minimum atomic E-state index is -0.789. The van der Waals surface area contributed by atoms with Gasteiger partial charge < -0.3 is 10.2 Å². The molecule has 0 amide bonds. The van der Waals surface area contributed by atoms with Crippen molar-refractivity contribution in [3.8, 4) is 5.75 Å². The third kappa shape index (κ3) is 5.89. The minimum Gasteiger partial charge on any atom is -0.508 e. The molecule has 0 aliphatic rings. The van der Waals surface area contributed by atoms with Crippen molar-refractivity contribution < 1.29 is 10.2 Å². The Kier molecular flexibility index (Phi) is 5.34. The first-order chi connectivity index (χ1) is 9.24. The van der Waals surface area contributed by atoms with Crippen LogP contribution in [0, 0.1) is 5.41 Å². The number of hydrogen-bond donors (Lipinski definition) is 2. The fourth-order valence-electron chi connectivity index (χ4n) is 1.69. The number of aromatic hydroxyl groups is 1. The first-order valence-corrected chi connectivity index (χ1v) is 6.76. The summed E-state index contributed by atoms with van der Waals surface area (Å²) in [6, 6.07) is 7.06. The van der Waals surface area contributed by atoms with Gasteiger partial charge in [0.1, 0.15) is 5.75 Å². The molecule has 1 aromatic rings. The van der Waals surface area contributed by atoms with E-state index in [0.717, 1.165) is 12.0 Å². The maximum atomic E-state index is 9.67. The van der Waals surface area contributed by atoms with E-state index in [-0.39, 0.29) is 11.2 Å². The van der Waals surface area contributed by atoms with E-state index in [0.29, 0.717) is 0 Å². The van der Waals surface area contributed by atoms with E-state index in [1.165, 1.54) is 0 Å². The Morgan fingerprint density at radius 1 is 1.10 bits per heavy atom. The predicted molar refractivity (Wildman–Crippen MR) is 85.5 cm³/mol. The summed E-state index contributed by atoms with van der Waals surface area (Å²) in [5.74, 6) is 0.266. The molecular formula is C18H24O2. The van der Waals surface area contributed by atoms with Crippen LogP contribution in [0.1, 0.15) is 32.8 Å². The van der Waals surface area contributed by atoms with E-state index in [2.05, 4.69) is 19.6 Å². The molecule has 0 heterocycles. The number of benzene rings is 1. The van der Waals surface area contributed by atoms with E-state index >= 15 is 0 Å². The minimum absolute atomic E-state index is 0.167. The molecule has 0 radical (unpaired) electrons. The van der Waals surface area contributed by atoms with Crippen LogP contribution in [0.15, 0.2) is 55.1 Å². The second-order valence-corrected chi connectivity index (χ2v) is 5.89. The highest BCUT2D eigenvalue weighted by Crippen LogP contribution is 2.27. The van der Waals surface area contributed by atoms with E-state index in [4.69, 9.17) is 0 Å². The summed E-state index contributed by atoms with van der Waals surface area (Å²) in [4.78, 5) is 0. The van der Waals surface area contributed by atoms with Crippen LogP contribution in [0.25, 0.3) is 6.08 Å². The van der Waals surface area contributed by atoms with Crippen LogP contribution in [0.5, 0.6) is 5.75 Å². The zero-order valence-corrected chi connectivity index (χ0v) is 12.5. The Bertz CT molecular complexity index is 489. The topological polar surface area (TPSA) is 40.5 Å². The predicted octanol–water partition coefficient (Wildman–Crippen LogP) is 4.31. The molecule has 2 N–H and O–H groups in total. The van der Waals surface area contributed by atoms with Gasteiger partial charge in [-0.3, -0.25) is 0 Å². The number of phenolic OH excluding ortho intramolecular Hbond substituents is 1. The van der Waals surface area contributed by atoms with Crippen LogP contribution >= 0.6 is 0 Å². The van der Waals surface area contributed by atoms with Crippen molar-refractivity contribution in [2.75, 3.05) is 0 Å². The number of aliphatic hydroxyl groups is 1. The average Bonchev–Trinajstić information content (AvgIpc) is 2.37. The number of hydrogen-bond acceptors (Lipinski definition) is 2. The number of phenols is 1. The molecule has 1 atom stereocenters. The van der Waals surface area contributed by atoms with E-state index in [1.54, 1.807) is 32.1 Å². The van der Waals surface area contributed by atoms with Gasteiger partial charge in [-0.2, -0.15) is 0 Å². The molecule has 20 heavy (non-hydrogen) atoms. The lowest BCUT2D eigenvalue weighted by Crippen LogP contribution is -2.14. The normalized spacial score (nSPS) is 15.6. The number of allylic oxidation sites excluding steroid dienone is 3. The highest BCUT2D eigenvalue weighted by atomic mass is 16.3. The first kappa shape index (κ1) is 16.3. The average molecular weight is 272 g/mol. The Hall–Kier alpha value is -1.80.